The van der Waals surface area contributed by atoms with Crippen LogP contribution in [-0.4, -0.2) is 41.5 Å². The second kappa shape index (κ2) is 6.21. The molecular weight excluding hydrogens is 364 g/mol. The molecule has 0 unspecified atom stereocenters. The molecule has 1 aliphatic rings. The molecule has 0 N–H and O–H groups in total. The van der Waals surface area contributed by atoms with Gasteiger partial charge in [0, 0.05) is 54.7 Å². The van der Waals surface area contributed by atoms with Gasteiger partial charge in [-0.25, -0.2) is 9.50 Å². The van der Waals surface area contributed by atoms with Gasteiger partial charge in [-0.05, 0) is 24.3 Å². The molecule has 4 aromatic heterocycles. The second-order valence-electron chi connectivity index (χ2n) is 6.43. The Hall–Kier alpha value is -3.19. The first kappa shape index (κ1) is 16.0. The van der Waals surface area contributed by atoms with Crippen molar-refractivity contribution in [3.05, 3.63) is 71.5 Å². The van der Waals surface area contributed by atoms with Crippen molar-refractivity contribution in [3.8, 4) is 11.3 Å². The normalized spacial score (nSPS) is 13.7. The van der Waals surface area contributed by atoms with E-state index in [-0.39, 0.29) is 5.91 Å². The summed E-state index contributed by atoms with van der Waals surface area (Å²) in [6.45, 7) is 1.91. The molecule has 1 amide bonds. The number of halogens is 1. The van der Waals surface area contributed by atoms with Gasteiger partial charge in [-0.2, -0.15) is 5.10 Å². The Kier molecular flexibility index (Phi) is 3.68. The van der Waals surface area contributed by atoms with Crippen molar-refractivity contribution in [2.75, 3.05) is 6.54 Å². The molecule has 134 valence electrons. The second-order valence-corrected chi connectivity index (χ2v) is 6.87. The molecule has 0 saturated carbocycles. The van der Waals surface area contributed by atoms with Crippen LogP contribution in [0.4, 0.5) is 0 Å². The van der Waals surface area contributed by atoms with E-state index in [1.165, 1.54) is 4.52 Å². The topological polar surface area (TPSA) is 68.3 Å². The first-order valence-electron chi connectivity index (χ1n) is 8.58. The molecule has 0 aromatic carbocycles. The van der Waals surface area contributed by atoms with E-state index in [0.29, 0.717) is 29.5 Å². The van der Waals surface area contributed by atoms with Crippen molar-refractivity contribution < 1.29 is 4.79 Å². The average molecular weight is 379 g/mol. The number of aromatic nitrogens is 5. The first-order chi connectivity index (χ1) is 13.2. The Morgan fingerprint density at radius 3 is 2.81 bits per heavy atom. The van der Waals surface area contributed by atoms with Gasteiger partial charge in [0.25, 0.3) is 5.91 Å². The molecule has 8 heteroatoms. The van der Waals surface area contributed by atoms with E-state index in [2.05, 4.69) is 31.8 Å². The molecule has 0 spiro atoms. The highest BCUT2D eigenvalue weighted by molar-refractivity contribution is 6.30. The summed E-state index contributed by atoms with van der Waals surface area (Å²) in [6.07, 6.45) is 6.76. The van der Waals surface area contributed by atoms with Crippen molar-refractivity contribution in [1.82, 2.24) is 29.0 Å². The first-order valence-corrected chi connectivity index (χ1v) is 8.96. The summed E-state index contributed by atoms with van der Waals surface area (Å²) in [5, 5.41) is 4.80. The van der Waals surface area contributed by atoms with Crippen molar-refractivity contribution >= 4 is 23.2 Å². The van der Waals surface area contributed by atoms with Crippen LogP contribution in [0.25, 0.3) is 16.9 Å². The van der Waals surface area contributed by atoms with Gasteiger partial charge in [-0.15, -0.1) is 0 Å². The molecule has 0 fully saturated rings. The summed E-state index contributed by atoms with van der Waals surface area (Å²) < 4.78 is 3.79. The molecular formula is C19H15ClN6O. The lowest BCUT2D eigenvalue weighted by atomic mass is 10.2. The highest BCUT2D eigenvalue weighted by Crippen LogP contribution is 2.26. The molecule has 0 aliphatic carbocycles. The minimum Gasteiger partial charge on any atom is -0.341 e. The van der Waals surface area contributed by atoms with Crippen molar-refractivity contribution in [3.63, 3.8) is 0 Å². The minimum atomic E-state index is -0.102. The SMILES string of the molecule is O=C(c1cc2ncc(Cl)cn2n1)N1CCn2c(ccc2-c2ccncc2)C1. The zero-order valence-electron chi connectivity index (χ0n) is 14.3. The number of amides is 1. The summed E-state index contributed by atoms with van der Waals surface area (Å²) in [5.74, 6) is -0.102. The lowest BCUT2D eigenvalue weighted by Gasteiger charge is -2.29. The van der Waals surface area contributed by atoms with E-state index in [1.54, 1.807) is 30.9 Å². The van der Waals surface area contributed by atoms with E-state index in [0.717, 1.165) is 23.5 Å². The maximum absolute atomic E-state index is 12.9. The van der Waals surface area contributed by atoms with Gasteiger partial charge >= 0.3 is 0 Å². The van der Waals surface area contributed by atoms with Crippen molar-refractivity contribution in [2.45, 2.75) is 13.1 Å². The third kappa shape index (κ3) is 2.76. The molecule has 1 aliphatic heterocycles. The summed E-state index contributed by atoms with van der Waals surface area (Å²) in [6, 6.07) is 9.84. The summed E-state index contributed by atoms with van der Waals surface area (Å²) >= 11 is 5.94. The molecule has 0 radical (unpaired) electrons. The van der Waals surface area contributed by atoms with Crippen LogP contribution in [-0.2, 0) is 13.1 Å². The van der Waals surface area contributed by atoms with E-state index in [1.807, 2.05) is 17.0 Å². The predicted molar refractivity (Wildman–Crippen MR) is 100 cm³/mol. The molecule has 5 heterocycles. The van der Waals surface area contributed by atoms with Crippen LogP contribution < -0.4 is 0 Å². The molecule has 0 saturated heterocycles. The minimum absolute atomic E-state index is 0.102. The lowest BCUT2D eigenvalue weighted by Crippen LogP contribution is -2.38. The number of hydrogen-bond acceptors (Lipinski definition) is 4. The summed E-state index contributed by atoms with van der Waals surface area (Å²) in [7, 11) is 0. The summed E-state index contributed by atoms with van der Waals surface area (Å²) in [5.41, 5.74) is 4.35. The van der Waals surface area contributed by atoms with E-state index in [9.17, 15) is 4.79 Å². The fraction of sp³-hybridized carbons (Fsp3) is 0.158. The van der Waals surface area contributed by atoms with Crippen LogP contribution >= 0.6 is 11.6 Å². The van der Waals surface area contributed by atoms with E-state index in [4.69, 9.17) is 11.6 Å². The van der Waals surface area contributed by atoms with Crippen molar-refractivity contribution in [2.24, 2.45) is 0 Å². The Balaban J connectivity index is 1.42. The summed E-state index contributed by atoms with van der Waals surface area (Å²) in [4.78, 5) is 23.0. The zero-order valence-corrected chi connectivity index (χ0v) is 15.0. The van der Waals surface area contributed by atoms with Gasteiger partial charge < -0.3 is 9.47 Å². The smallest absolute Gasteiger partial charge is 0.274 e. The number of fused-ring (bicyclic) bond motifs is 2. The van der Waals surface area contributed by atoms with Crippen LogP contribution in [0, 0.1) is 0 Å². The average Bonchev–Trinajstić information content (AvgIpc) is 3.31. The molecule has 0 atom stereocenters. The van der Waals surface area contributed by atoms with E-state index < -0.39 is 0 Å². The number of carbonyl (C=O) groups excluding carboxylic acids is 1. The maximum Gasteiger partial charge on any atom is 0.274 e. The van der Waals surface area contributed by atoms with Gasteiger partial charge in [0.1, 0.15) is 0 Å². The fourth-order valence-electron chi connectivity index (χ4n) is 3.48. The Bertz CT molecular complexity index is 1150. The van der Waals surface area contributed by atoms with Crippen molar-refractivity contribution in [1.29, 1.82) is 0 Å². The van der Waals surface area contributed by atoms with Crippen LogP contribution in [0.15, 0.2) is 55.1 Å². The fourth-order valence-corrected chi connectivity index (χ4v) is 3.62. The van der Waals surface area contributed by atoms with Crippen LogP contribution in [0.1, 0.15) is 16.2 Å². The molecule has 0 bridgehead atoms. The number of carbonyl (C=O) groups is 1. The van der Waals surface area contributed by atoms with Crippen LogP contribution in [0.5, 0.6) is 0 Å². The van der Waals surface area contributed by atoms with Gasteiger partial charge in [-0.1, -0.05) is 11.6 Å². The highest BCUT2D eigenvalue weighted by atomic mass is 35.5. The number of rotatable bonds is 2. The molecule has 4 aromatic rings. The van der Waals surface area contributed by atoms with Gasteiger partial charge in [0.2, 0.25) is 0 Å². The monoisotopic (exact) mass is 378 g/mol. The predicted octanol–water partition coefficient (Wildman–Crippen LogP) is 2.90. The Morgan fingerprint density at radius 2 is 1.96 bits per heavy atom. The van der Waals surface area contributed by atoms with Gasteiger partial charge in [0.05, 0.1) is 17.8 Å². The number of pyridine rings is 1. The van der Waals surface area contributed by atoms with Gasteiger partial charge in [0.15, 0.2) is 11.3 Å². The number of nitrogens with zero attached hydrogens (tertiary/aromatic N) is 6. The third-order valence-corrected chi connectivity index (χ3v) is 4.98. The van der Waals surface area contributed by atoms with Crippen LogP contribution in [0.3, 0.4) is 0 Å². The zero-order chi connectivity index (χ0) is 18.4. The Morgan fingerprint density at radius 1 is 1.11 bits per heavy atom. The highest BCUT2D eigenvalue weighted by Gasteiger charge is 2.25. The standard InChI is InChI=1S/C19H15ClN6O/c20-14-10-22-18-9-16(23-26(18)11-14)19(27)24-7-8-25-15(12-24)1-2-17(25)13-3-5-21-6-4-13/h1-6,9-11H,7-8,12H2. The third-order valence-electron chi connectivity index (χ3n) is 4.78. The quantitative estimate of drug-likeness (QED) is 0.538. The Labute approximate surface area is 159 Å². The molecule has 5 rings (SSSR count). The van der Waals surface area contributed by atoms with Gasteiger partial charge in [-0.3, -0.25) is 9.78 Å². The van der Waals surface area contributed by atoms with E-state index >= 15 is 0 Å². The number of hydrogen-bond donors (Lipinski definition) is 0. The molecule has 27 heavy (non-hydrogen) atoms. The largest absolute Gasteiger partial charge is 0.341 e. The van der Waals surface area contributed by atoms with Crippen LogP contribution in [0.2, 0.25) is 5.02 Å². The maximum atomic E-state index is 12.9. The molecule has 7 nitrogen and oxygen atoms in total. The lowest BCUT2D eigenvalue weighted by molar-refractivity contribution is 0.0705.